The van der Waals surface area contributed by atoms with E-state index in [0.717, 1.165) is 26.1 Å². The molecular formula is C22H26N4O3S. The fourth-order valence-electron chi connectivity index (χ4n) is 3.87. The van der Waals surface area contributed by atoms with E-state index in [0.29, 0.717) is 29.0 Å². The molecule has 0 bridgehead atoms. The van der Waals surface area contributed by atoms with E-state index >= 15 is 0 Å². The van der Waals surface area contributed by atoms with Gasteiger partial charge in [-0.2, -0.15) is 0 Å². The van der Waals surface area contributed by atoms with Gasteiger partial charge >= 0.3 is 0 Å². The van der Waals surface area contributed by atoms with Crippen LogP contribution in [0, 0.1) is 6.92 Å². The van der Waals surface area contributed by atoms with Crippen LogP contribution in [0.1, 0.15) is 37.1 Å². The number of aromatic nitrogens is 2. The first-order valence-electron chi connectivity index (χ1n) is 10.2. The Balaban J connectivity index is 1.47. The number of anilines is 1. The molecule has 0 amide bonds. The third-order valence-electron chi connectivity index (χ3n) is 5.36. The van der Waals surface area contributed by atoms with Gasteiger partial charge in [-0.05, 0) is 67.7 Å². The Morgan fingerprint density at radius 3 is 2.67 bits per heavy atom. The lowest BCUT2D eigenvalue weighted by atomic mass is 9.98. The molecule has 0 spiro atoms. The first-order chi connectivity index (χ1) is 14.4. The van der Waals surface area contributed by atoms with E-state index in [9.17, 15) is 8.42 Å². The van der Waals surface area contributed by atoms with Crippen molar-refractivity contribution in [1.29, 1.82) is 0 Å². The lowest BCUT2D eigenvalue weighted by Crippen LogP contribution is -2.20. The summed E-state index contributed by atoms with van der Waals surface area (Å²) in [6.07, 6.45) is 2.31. The van der Waals surface area contributed by atoms with Crippen molar-refractivity contribution in [2.75, 3.05) is 24.4 Å². The van der Waals surface area contributed by atoms with Gasteiger partial charge in [-0.25, -0.2) is 8.42 Å². The normalized spacial score (nSPS) is 17.3. The minimum atomic E-state index is -3.73. The molecule has 2 aromatic carbocycles. The van der Waals surface area contributed by atoms with E-state index < -0.39 is 10.0 Å². The summed E-state index contributed by atoms with van der Waals surface area (Å²) in [5.74, 6) is 1.23. The van der Waals surface area contributed by atoms with Gasteiger partial charge < -0.3 is 9.32 Å². The molecule has 1 saturated heterocycles. The van der Waals surface area contributed by atoms with Crippen molar-refractivity contribution < 1.29 is 12.8 Å². The molecule has 2 heterocycles. The van der Waals surface area contributed by atoms with Crippen molar-refractivity contribution in [3.8, 4) is 11.5 Å². The number of aryl methyl sites for hydroxylation is 1. The zero-order valence-corrected chi connectivity index (χ0v) is 18.0. The summed E-state index contributed by atoms with van der Waals surface area (Å²) >= 11 is 0. The standard InChI is InChI=1S/C22H26N4O3S/c1-3-12-26-13-11-19(15-26)17-7-9-20(10-8-17)25-30(27,28)21-6-4-5-18(14-21)22-24-23-16(2)29-22/h4-10,14,19,25H,3,11-13,15H2,1-2H3/t19-/m1/s1. The van der Waals surface area contributed by atoms with Gasteiger partial charge in [0.2, 0.25) is 11.8 Å². The fourth-order valence-corrected chi connectivity index (χ4v) is 4.98. The average molecular weight is 427 g/mol. The summed E-state index contributed by atoms with van der Waals surface area (Å²) in [6, 6.07) is 14.2. The van der Waals surface area contributed by atoms with Crippen LogP contribution in [-0.2, 0) is 10.0 Å². The molecule has 1 aromatic heterocycles. The van der Waals surface area contributed by atoms with Crippen molar-refractivity contribution in [2.24, 2.45) is 0 Å². The maximum absolute atomic E-state index is 12.9. The van der Waals surface area contributed by atoms with Crippen LogP contribution in [0.5, 0.6) is 0 Å². The summed E-state index contributed by atoms with van der Waals surface area (Å²) < 4.78 is 33.8. The third kappa shape index (κ3) is 4.55. The Morgan fingerprint density at radius 2 is 1.97 bits per heavy atom. The highest BCUT2D eigenvalue weighted by molar-refractivity contribution is 7.92. The molecule has 0 radical (unpaired) electrons. The summed E-state index contributed by atoms with van der Waals surface area (Å²) in [5.41, 5.74) is 2.36. The fraction of sp³-hybridized carbons (Fsp3) is 0.364. The molecule has 1 atom stereocenters. The summed E-state index contributed by atoms with van der Waals surface area (Å²) in [7, 11) is -3.73. The lowest BCUT2D eigenvalue weighted by Gasteiger charge is -2.15. The van der Waals surface area contributed by atoms with Crippen LogP contribution in [-0.4, -0.2) is 43.1 Å². The molecule has 1 aliphatic rings. The number of sulfonamides is 1. The number of nitrogens with one attached hydrogen (secondary N) is 1. The Kier molecular flexibility index (Phi) is 5.87. The van der Waals surface area contributed by atoms with E-state index in [4.69, 9.17) is 4.42 Å². The zero-order valence-electron chi connectivity index (χ0n) is 17.2. The highest BCUT2D eigenvalue weighted by atomic mass is 32.2. The highest BCUT2D eigenvalue weighted by Gasteiger charge is 2.23. The predicted molar refractivity (Wildman–Crippen MR) is 116 cm³/mol. The van der Waals surface area contributed by atoms with Crippen LogP contribution in [0.25, 0.3) is 11.5 Å². The molecule has 3 aromatic rings. The smallest absolute Gasteiger partial charge is 0.261 e. The van der Waals surface area contributed by atoms with Crippen LogP contribution in [0.15, 0.2) is 57.8 Å². The largest absolute Gasteiger partial charge is 0.421 e. The molecule has 0 unspecified atom stereocenters. The molecule has 158 valence electrons. The second-order valence-corrected chi connectivity index (χ2v) is 9.35. The molecular weight excluding hydrogens is 400 g/mol. The summed E-state index contributed by atoms with van der Waals surface area (Å²) in [4.78, 5) is 2.63. The summed E-state index contributed by atoms with van der Waals surface area (Å²) in [5, 5.41) is 7.75. The van der Waals surface area contributed by atoms with E-state index in [2.05, 4.69) is 26.7 Å². The van der Waals surface area contributed by atoms with Gasteiger partial charge in [-0.1, -0.05) is 25.1 Å². The van der Waals surface area contributed by atoms with Gasteiger partial charge in [-0.15, -0.1) is 10.2 Å². The molecule has 1 fully saturated rings. The van der Waals surface area contributed by atoms with Crippen LogP contribution < -0.4 is 4.72 Å². The Bertz CT molecular complexity index is 1110. The van der Waals surface area contributed by atoms with Crippen LogP contribution >= 0.6 is 0 Å². The second kappa shape index (κ2) is 8.57. The van der Waals surface area contributed by atoms with Crippen molar-refractivity contribution in [2.45, 2.75) is 37.5 Å². The quantitative estimate of drug-likeness (QED) is 0.613. The maximum atomic E-state index is 12.9. The minimum absolute atomic E-state index is 0.144. The molecule has 0 saturated carbocycles. The number of benzene rings is 2. The predicted octanol–water partition coefficient (Wildman–Crippen LogP) is 4.05. The zero-order chi connectivity index (χ0) is 21.1. The SMILES string of the molecule is CCCN1CC[C@@H](c2ccc(NS(=O)(=O)c3cccc(-c4nnc(C)o4)c3)cc2)C1. The van der Waals surface area contributed by atoms with Crippen LogP contribution in [0.2, 0.25) is 0 Å². The van der Waals surface area contributed by atoms with Gasteiger partial charge in [-0.3, -0.25) is 4.72 Å². The van der Waals surface area contributed by atoms with Crippen molar-refractivity contribution >= 4 is 15.7 Å². The van der Waals surface area contributed by atoms with E-state index in [1.54, 1.807) is 25.1 Å². The van der Waals surface area contributed by atoms with Crippen LogP contribution in [0.3, 0.4) is 0 Å². The van der Waals surface area contributed by atoms with Crippen molar-refractivity contribution in [3.63, 3.8) is 0 Å². The van der Waals surface area contributed by atoms with Gasteiger partial charge in [0.15, 0.2) is 0 Å². The molecule has 30 heavy (non-hydrogen) atoms. The highest BCUT2D eigenvalue weighted by Crippen LogP contribution is 2.29. The number of likely N-dealkylation sites (tertiary alicyclic amines) is 1. The Labute approximate surface area is 177 Å². The van der Waals surface area contributed by atoms with Gasteiger partial charge in [0.1, 0.15) is 0 Å². The van der Waals surface area contributed by atoms with E-state index in [1.807, 2.05) is 24.3 Å². The monoisotopic (exact) mass is 426 g/mol. The molecule has 1 aliphatic heterocycles. The lowest BCUT2D eigenvalue weighted by molar-refractivity contribution is 0.335. The van der Waals surface area contributed by atoms with Gasteiger partial charge in [0.05, 0.1) is 4.90 Å². The first kappa shape index (κ1) is 20.6. The van der Waals surface area contributed by atoms with Crippen LogP contribution in [0.4, 0.5) is 5.69 Å². The molecule has 4 rings (SSSR count). The maximum Gasteiger partial charge on any atom is 0.261 e. The Morgan fingerprint density at radius 1 is 1.17 bits per heavy atom. The van der Waals surface area contributed by atoms with Crippen molar-refractivity contribution in [3.05, 3.63) is 60.0 Å². The third-order valence-corrected chi connectivity index (χ3v) is 6.74. The molecule has 7 nitrogen and oxygen atoms in total. The van der Waals surface area contributed by atoms with Crippen molar-refractivity contribution in [1.82, 2.24) is 15.1 Å². The number of hydrogen-bond donors (Lipinski definition) is 1. The molecule has 1 N–H and O–H groups in total. The number of nitrogens with zero attached hydrogens (tertiary/aromatic N) is 3. The molecule has 8 heteroatoms. The first-order valence-corrected chi connectivity index (χ1v) is 11.7. The number of hydrogen-bond acceptors (Lipinski definition) is 6. The Hall–Kier alpha value is -2.71. The van der Waals surface area contributed by atoms with E-state index in [-0.39, 0.29) is 4.90 Å². The topological polar surface area (TPSA) is 88.3 Å². The van der Waals surface area contributed by atoms with Gasteiger partial charge in [0, 0.05) is 24.7 Å². The molecule has 0 aliphatic carbocycles. The minimum Gasteiger partial charge on any atom is -0.421 e. The second-order valence-electron chi connectivity index (χ2n) is 7.67. The number of rotatable bonds is 7. The summed E-state index contributed by atoms with van der Waals surface area (Å²) in [6.45, 7) is 7.22. The van der Waals surface area contributed by atoms with E-state index in [1.165, 1.54) is 18.1 Å². The average Bonchev–Trinajstić information content (AvgIpc) is 3.38. The van der Waals surface area contributed by atoms with Gasteiger partial charge in [0.25, 0.3) is 10.0 Å².